The Balaban J connectivity index is 2.27. The number of hydrazine groups is 1. The summed E-state index contributed by atoms with van der Waals surface area (Å²) in [7, 11) is 0. The lowest BCUT2D eigenvalue weighted by Crippen LogP contribution is -2.40. The molecule has 0 spiro atoms. The average molecular weight is 158 g/mol. The second-order valence-corrected chi connectivity index (χ2v) is 3.53. The van der Waals surface area contributed by atoms with E-state index in [0.717, 1.165) is 25.9 Å². The molecule has 3 nitrogen and oxygen atoms in total. The fourth-order valence-corrected chi connectivity index (χ4v) is 1.64. The van der Waals surface area contributed by atoms with Crippen LogP contribution in [-0.4, -0.2) is 29.8 Å². The Hall–Kier alpha value is -0.120. The summed E-state index contributed by atoms with van der Waals surface area (Å²) in [5.41, 5.74) is 0. The van der Waals surface area contributed by atoms with Gasteiger partial charge in [0.05, 0.1) is 0 Å². The van der Waals surface area contributed by atoms with Crippen molar-refractivity contribution in [1.82, 2.24) is 5.01 Å². The summed E-state index contributed by atoms with van der Waals surface area (Å²) in [6.07, 6.45) is 2.27. The zero-order chi connectivity index (χ0) is 8.27. The normalized spacial score (nSPS) is 25.4. The third-order valence-electron chi connectivity index (χ3n) is 2.67. The van der Waals surface area contributed by atoms with Gasteiger partial charge in [-0.15, -0.1) is 0 Å². The first kappa shape index (κ1) is 8.97. The highest BCUT2D eigenvalue weighted by molar-refractivity contribution is 4.72. The maximum absolute atomic E-state index is 8.91. The fourth-order valence-electron chi connectivity index (χ4n) is 1.64. The van der Waals surface area contributed by atoms with Crippen molar-refractivity contribution in [2.24, 2.45) is 17.7 Å². The molecule has 3 heteroatoms. The summed E-state index contributed by atoms with van der Waals surface area (Å²) in [5.74, 6) is 6.74. The molecule has 66 valence electrons. The van der Waals surface area contributed by atoms with Gasteiger partial charge in [0, 0.05) is 19.7 Å². The third kappa shape index (κ3) is 2.43. The van der Waals surface area contributed by atoms with Crippen LogP contribution in [0.5, 0.6) is 0 Å². The van der Waals surface area contributed by atoms with Crippen LogP contribution in [0.15, 0.2) is 0 Å². The van der Waals surface area contributed by atoms with E-state index in [1.807, 2.05) is 5.01 Å². The first-order valence-corrected chi connectivity index (χ1v) is 4.34. The second kappa shape index (κ2) is 4.04. The summed E-state index contributed by atoms with van der Waals surface area (Å²) in [6, 6.07) is 0. The van der Waals surface area contributed by atoms with Crippen LogP contribution in [0.2, 0.25) is 0 Å². The first-order chi connectivity index (χ1) is 5.24. The first-order valence-electron chi connectivity index (χ1n) is 4.34. The van der Waals surface area contributed by atoms with Crippen LogP contribution < -0.4 is 5.84 Å². The summed E-state index contributed by atoms with van der Waals surface area (Å²) < 4.78 is 0. The highest BCUT2D eigenvalue weighted by Gasteiger charge is 2.21. The van der Waals surface area contributed by atoms with E-state index < -0.39 is 0 Å². The molecule has 0 amide bonds. The van der Waals surface area contributed by atoms with E-state index in [2.05, 4.69) is 6.92 Å². The molecule has 11 heavy (non-hydrogen) atoms. The highest BCUT2D eigenvalue weighted by atomic mass is 16.3. The monoisotopic (exact) mass is 158 g/mol. The molecule has 0 aromatic rings. The summed E-state index contributed by atoms with van der Waals surface area (Å²) in [5, 5.41) is 10.8. The van der Waals surface area contributed by atoms with Gasteiger partial charge in [-0.05, 0) is 24.7 Å². The van der Waals surface area contributed by atoms with Crippen molar-refractivity contribution in [2.45, 2.75) is 19.8 Å². The zero-order valence-electron chi connectivity index (χ0n) is 7.16. The Morgan fingerprint density at radius 2 is 2.09 bits per heavy atom. The lowest BCUT2D eigenvalue weighted by Gasteiger charge is -2.31. The Morgan fingerprint density at radius 1 is 1.55 bits per heavy atom. The van der Waals surface area contributed by atoms with Crippen LogP contribution in [0.4, 0.5) is 0 Å². The minimum Gasteiger partial charge on any atom is -0.396 e. The molecule has 1 aliphatic heterocycles. The maximum atomic E-state index is 8.91. The largest absolute Gasteiger partial charge is 0.396 e. The Morgan fingerprint density at radius 3 is 2.55 bits per heavy atom. The van der Waals surface area contributed by atoms with Crippen LogP contribution in [0.25, 0.3) is 0 Å². The van der Waals surface area contributed by atoms with Gasteiger partial charge in [0.1, 0.15) is 0 Å². The Bertz CT molecular complexity index is 111. The lowest BCUT2D eigenvalue weighted by atomic mass is 9.86. The molecule has 0 aromatic heterocycles. The topological polar surface area (TPSA) is 49.5 Å². The maximum Gasteiger partial charge on any atom is 0.0459 e. The summed E-state index contributed by atoms with van der Waals surface area (Å²) in [6.45, 7) is 4.39. The summed E-state index contributed by atoms with van der Waals surface area (Å²) >= 11 is 0. The predicted octanol–water partition coefficient (Wildman–Crippen LogP) is 0.200. The number of hydrogen-bond donors (Lipinski definition) is 2. The second-order valence-electron chi connectivity index (χ2n) is 3.53. The van der Waals surface area contributed by atoms with Crippen LogP contribution in [-0.2, 0) is 0 Å². The Kier molecular flexibility index (Phi) is 3.30. The number of aliphatic hydroxyl groups is 1. The van der Waals surface area contributed by atoms with E-state index in [1.54, 1.807) is 0 Å². The van der Waals surface area contributed by atoms with Crippen molar-refractivity contribution < 1.29 is 5.11 Å². The predicted molar refractivity (Wildman–Crippen MR) is 44.7 cm³/mol. The van der Waals surface area contributed by atoms with E-state index in [0.29, 0.717) is 18.4 Å². The quantitative estimate of drug-likeness (QED) is 0.564. The lowest BCUT2D eigenvalue weighted by molar-refractivity contribution is 0.116. The molecule has 3 N–H and O–H groups in total. The standard InChI is InChI=1S/C8H18N2O/c1-7(6-11)8-2-4-10(9)5-3-8/h7-8,11H,2-6,9H2,1H3/t7-/m0/s1. The molecule has 0 saturated carbocycles. The number of rotatable bonds is 2. The Labute approximate surface area is 68.2 Å². The molecule has 0 unspecified atom stereocenters. The number of nitrogens with two attached hydrogens (primary N) is 1. The molecule has 1 saturated heterocycles. The van der Waals surface area contributed by atoms with Crippen molar-refractivity contribution in [2.75, 3.05) is 19.7 Å². The van der Waals surface area contributed by atoms with Crippen molar-refractivity contribution in [1.29, 1.82) is 0 Å². The van der Waals surface area contributed by atoms with Crippen molar-refractivity contribution in [3.63, 3.8) is 0 Å². The van der Waals surface area contributed by atoms with E-state index in [-0.39, 0.29) is 0 Å². The molecule has 1 heterocycles. The average Bonchev–Trinajstić information content (AvgIpc) is 2.05. The molecule has 0 bridgehead atoms. The van der Waals surface area contributed by atoms with Crippen LogP contribution >= 0.6 is 0 Å². The zero-order valence-corrected chi connectivity index (χ0v) is 7.16. The van der Waals surface area contributed by atoms with E-state index in [1.165, 1.54) is 0 Å². The van der Waals surface area contributed by atoms with Gasteiger partial charge in [0.15, 0.2) is 0 Å². The van der Waals surface area contributed by atoms with Gasteiger partial charge in [0.2, 0.25) is 0 Å². The minimum absolute atomic E-state index is 0.315. The molecule has 1 atom stereocenters. The van der Waals surface area contributed by atoms with Gasteiger partial charge in [-0.25, -0.2) is 5.01 Å². The molecule has 1 rings (SSSR count). The number of piperidine rings is 1. The van der Waals surface area contributed by atoms with Crippen molar-refractivity contribution >= 4 is 0 Å². The summed E-state index contributed by atoms with van der Waals surface area (Å²) in [4.78, 5) is 0. The molecule has 0 radical (unpaired) electrons. The molecule has 1 fully saturated rings. The van der Waals surface area contributed by atoms with Gasteiger partial charge in [0.25, 0.3) is 0 Å². The van der Waals surface area contributed by atoms with Crippen LogP contribution in [0.1, 0.15) is 19.8 Å². The van der Waals surface area contributed by atoms with Crippen LogP contribution in [0, 0.1) is 11.8 Å². The molecular formula is C8H18N2O. The number of nitrogens with zero attached hydrogens (tertiary/aromatic N) is 1. The number of hydrogen-bond acceptors (Lipinski definition) is 3. The van der Waals surface area contributed by atoms with Gasteiger partial charge in [-0.3, -0.25) is 5.84 Å². The molecular weight excluding hydrogens is 140 g/mol. The number of aliphatic hydroxyl groups excluding tert-OH is 1. The van der Waals surface area contributed by atoms with Crippen LogP contribution in [0.3, 0.4) is 0 Å². The molecule has 1 aliphatic rings. The van der Waals surface area contributed by atoms with Gasteiger partial charge in [-0.1, -0.05) is 6.92 Å². The van der Waals surface area contributed by atoms with E-state index in [4.69, 9.17) is 10.9 Å². The highest BCUT2D eigenvalue weighted by Crippen LogP contribution is 2.22. The fraction of sp³-hybridized carbons (Fsp3) is 1.00. The molecule has 0 aliphatic carbocycles. The van der Waals surface area contributed by atoms with Crippen molar-refractivity contribution in [3.8, 4) is 0 Å². The van der Waals surface area contributed by atoms with E-state index in [9.17, 15) is 0 Å². The van der Waals surface area contributed by atoms with Gasteiger partial charge >= 0.3 is 0 Å². The minimum atomic E-state index is 0.315. The van der Waals surface area contributed by atoms with Crippen molar-refractivity contribution in [3.05, 3.63) is 0 Å². The van der Waals surface area contributed by atoms with E-state index >= 15 is 0 Å². The smallest absolute Gasteiger partial charge is 0.0459 e. The third-order valence-corrected chi connectivity index (χ3v) is 2.67. The van der Waals surface area contributed by atoms with Gasteiger partial charge in [-0.2, -0.15) is 0 Å². The van der Waals surface area contributed by atoms with Gasteiger partial charge < -0.3 is 5.11 Å². The SMILES string of the molecule is C[C@@H](CO)C1CCN(N)CC1. The molecule has 0 aromatic carbocycles.